The molecule has 0 radical (unpaired) electrons. The summed E-state index contributed by atoms with van der Waals surface area (Å²) in [6, 6.07) is 15.6. The van der Waals surface area contributed by atoms with E-state index in [1.54, 1.807) is 0 Å². The molecule has 0 saturated heterocycles. The highest BCUT2D eigenvalue weighted by atomic mass is 16.5. The van der Waals surface area contributed by atoms with Crippen molar-refractivity contribution in [2.45, 2.75) is 115 Å². The minimum absolute atomic E-state index is 0.654. The number of hydrogen-bond donors (Lipinski definition) is 1. The fraction of sp³-hybridized carbons (Fsp3) is 0.613. The summed E-state index contributed by atoms with van der Waals surface area (Å²) in [5.41, 5.74) is 5.54. The molecule has 1 aliphatic carbocycles. The largest absolute Gasteiger partial charge is 0.489 e. The molecule has 180 valence electrons. The number of ether oxygens (including phenoxy) is 1. The van der Waals surface area contributed by atoms with Crippen LogP contribution in [0.4, 0.5) is 5.69 Å². The van der Waals surface area contributed by atoms with Gasteiger partial charge in [-0.15, -0.1) is 0 Å². The molecule has 0 aromatic heterocycles. The number of hydrogen-bond acceptors (Lipinski definition) is 2. The highest BCUT2D eigenvalue weighted by Gasteiger charge is 2.19. The number of benzene rings is 2. The van der Waals surface area contributed by atoms with Gasteiger partial charge in [0.2, 0.25) is 0 Å². The van der Waals surface area contributed by atoms with Gasteiger partial charge in [0.1, 0.15) is 12.4 Å². The van der Waals surface area contributed by atoms with Crippen LogP contribution in [0.1, 0.15) is 119 Å². The lowest BCUT2D eigenvalue weighted by Gasteiger charge is -2.23. The van der Waals surface area contributed by atoms with E-state index < -0.39 is 0 Å². The number of rotatable bonds is 4. The zero-order chi connectivity index (χ0) is 22.6. The second-order valence-corrected chi connectivity index (χ2v) is 10.4. The first kappa shape index (κ1) is 24.2. The van der Waals surface area contributed by atoms with Crippen molar-refractivity contribution in [1.29, 1.82) is 0 Å². The maximum absolute atomic E-state index is 6.59. The van der Waals surface area contributed by atoms with E-state index in [0.29, 0.717) is 12.5 Å². The summed E-state index contributed by atoms with van der Waals surface area (Å²) in [5.74, 6) is 1.81. The smallest absolute Gasteiger partial charge is 0.125 e. The van der Waals surface area contributed by atoms with Crippen LogP contribution in [0, 0.1) is 0 Å². The molecule has 2 aromatic carbocycles. The van der Waals surface area contributed by atoms with Crippen molar-refractivity contribution in [3.8, 4) is 5.75 Å². The van der Waals surface area contributed by atoms with Gasteiger partial charge in [-0.1, -0.05) is 101 Å². The minimum atomic E-state index is 0.654. The topological polar surface area (TPSA) is 21.3 Å². The third-order valence-electron chi connectivity index (χ3n) is 7.71. The third-order valence-corrected chi connectivity index (χ3v) is 7.71. The molecule has 2 aromatic rings. The first-order valence-corrected chi connectivity index (χ1v) is 14.0. The van der Waals surface area contributed by atoms with Crippen LogP contribution >= 0.6 is 0 Å². The quantitative estimate of drug-likeness (QED) is 0.504. The molecule has 1 aliphatic heterocycles. The van der Waals surface area contributed by atoms with Gasteiger partial charge in [-0.05, 0) is 61.3 Å². The molecule has 1 N–H and O–H groups in total. The summed E-state index contributed by atoms with van der Waals surface area (Å²) in [4.78, 5) is 0. The standard InChI is InChI=1S/C31H45NO/c1-2-8-15-21-29-30(32-22-16-9-5-1)23-28(27-19-13-6-3-4-7-14-20-27)24-31(29)33-25-26-17-11-10-12-18-26/h10-12,17-18,23-24,27,32H,1-9,13-16,19-22,25H2. The molecule has 2 nitrogen and oxygen atoms in total. The molecule has 0 amide bonds. The van der Waals surface area contributed by atoms with E-state index in [-0.39, 0.29) is 0 Å². The molecular weight excluding hydrogens is 402 g/mol. The molecular formula is C31H45NO. The van der Waals surface area contributed by atoms with Crippen LogP contribution in [-0.4, -0.2) is 6.54 Å². The van der Waals surface area contributed by atoms with Gasteiger partial charge in [0.15, 0.2) is 0 Å². The van der Waals surface area contributed by atoms with Gasteiger partial charge in [0, 0.05) is 17.8 Å². The molecule has 0 bridgehead atoms. The first-order chi connectivity index (χ1) is 16.4. The summed E-state index contributed by atoms with van der Waals surface area (Å²) >= 11 is 0. The summed E-state index contributed by atoms with van der Waals surface area (Å²) in [7, 11) is 0. The van der Waals surface area contributed by atoms with E-state index in [1.807, 2.05) is 0 Å². The van der Waals surface area contributed by atoms with Crippen molar-refractivity contribution >= 4 is 5.69 Å². The highest BCUT2D eigenvalue weighted by Crippen LogP contribution is 2.38. The molecule has 4 rings (SSSR count). The average molecular weight is 448 g/mol. The minimum Gasteiger partial charge on any atom is -0.489 e. The van der Waals surface area contributed by atoms with Crippen LogP contribution in [0.2, 0.25) is 0 Å². The molecule has 0 spiro atoms. The van der Waals surface area contributed by atoms with Gasteiger partial charge in [-0.2, -0.15) is 0 Å². The van der Waals surface area contributed by atoms with Gasteiger partial charge >= 0.3 is 0 Å². The zero-order valence-corrected chi connectivity index (χ0v) is 20.8. The van der Waals surface area contributed by atoms with Crippen LogP contribution in [0.3, 0.4) is 0 Å². The van der Waals surface area contributed by atoms with Crippen molar-refractivity contribution in [2.24, 2.45) is 0 Å². The lowest BCUT2D eigenvalue weighted by atomic mass is 9.87. The van der Waals surface area contributed by atoms with E-state index in [0.717, 1.165) is 18.7 Å². The lowest BCUT2D eigenvalue weighted by Crippen LogP contribution is -2.10. The van der Waals surface area contributed by atoms with Crippen LogP contribution in [-0.2, 0) is 13.0 Å². The van der Waals surface area contributed by atoms with Gasteiger partial charge in [0.05, 0.1) is 0 Å². The van der Waals surface area contributed by atoms with Crippen molar-refractivity contribution in [1.82, 2.24) is 0 Å². The first-order valence-electron chi connectivity index (χ1n) is 14.0. The second kappa shape index (κ2) is 13.7. The van der Waals surface area contributed by atoms with E-state index in [1.165, 1.54) is 119 Å². The van der Waals surface area contributed by atoms with Crippen LogP contribution in [0.5, 0.6) is 5.75 Å². The SMILES string of the molecule is c1ccc(COc2cc(C3CCCCCCCC3)cc3c2CCCCCCCCCN3)cc1. The second-order valence-electron chi connectivity index (χ2n) is 10.4. The Kier molecular flexibility index (Phi) is 10.0. The molecule has 2 heteroatoms. The predicted molar refractivity (Wildman–Crippen MR) is 141 cm³/mol. The Balaban J connectivity index is 1.62. The fourth-order valence-electron chi connectivity index (χ4n) is 5.68. The van der Waals surface area contributed by atoms with Gasteiger partial charge < -0.3 is 10.1 Å². The van der Waals surface area contributed by atoms with Gasteiger partial charge in [-0.3, -0.25) is 0 Å². The van der Waals surface area contributed by atoms with Crippen molar-refractivity contribution in [3.05, 3.63) is 59.2 Å². The Morgan fingerprint density at radius 1 is 0.697 bits per heavy atom. The summed E-state index contributed by atoms with van der Waals surface area (Å²) in [5, 5.41) is 3.86. The number of nitrogens with one attached hydrogen (secondary N) is 1. The van der Waals surface area contributed by atoms with Crippen LogP contribution in [0.25, 0.3) is 0 Å². The number of fused-ring (bicyclic) bond motifs is 1. The zero-order valence-electron chi connectivity index (χ0n) is 20.8. The Labute approximate surface area is 202 Å². The Morgan fingerprint density at radius 3 is 2.06 bits per heavy atom. The summed E-state index contributed by atoms with van der Waals surface area (Å²) in [6.45, 7) is 1.74. The van der Waals surface area contributed by atoms with E-state index in [2.05, 4.69) is 47.8 Å². The predicted octanol–water partition coefficient (Wildman–Crippen LogP) is 9.18. The molecule has 2 aliphatic rings. The van der Waals surface area contributed by atoms with Crippen molar-refractivity contribution in [3.63, 3.8) is 0 Å². The Morgan fingerprint density at radius 2 is 1.33 bits per heavy atom. The van der Waals surface area contributed by atoms with Gasteiger partial charge in [-0.25, -0.2) is 0 Å². The number of anilines is 1. The van der Waals surface area contributed by atoms with Crippen LogP contribution in [0.15, 0.2) is 42.5 Å². The molecule has 1 saturated carbocycles. The molecule has 1 heterocycles. The van der Waals surface area contributed by atoms with E-state index in [9.17, 15) is 0 Å². The van der Waals surface area contributed by atoms with Gasteiger partial charge in [0.25, 0.3) is 0 Å². The Bertz CT molecular complexity index is 805. The average Bonchev–Trinajstić information content (AvgIpc) is 2.98. The summed E-state index contributed by atoms with van der Waals surface area (Å²) in [6.07, 6.45) is 21.5. The highest BCUT2D eigenvalue weighted by molar-refractivity contribution is 5.60. The lowest BCUT2D eigenvalue weighted by molar-refractivity contribution is 0.302. The molecule has 0 unspecified atom stereocenters. The molecule has 33 heavy (non-hydrogen) atoms. The maximum Gasteiger partial charge on any atom is 0.125 e. The Hall–Kier alpha value is -1.96. The normalized spacial score (nSPS) is 19.5. The monoisotopic (exact) mass is 447 g/mol. The maximum atomic E-state index is 6.59. The van der Waals surface area contributed by atoms with E-state index >= 15 is 0 Å². The van der Waals surface area contributed by atoms with Crippen molar-refractivity contribution < 1.29 is 4.74 Å². The van der Waals surface area contributed by atoms with E-state index in [4.69, 9.17) is 4.74 Å². The molecule has 0 atom stereocenters. The third kappa shape index (κ3) is 7.80. The summed E-state index contributed by atoms with van der Waals surface area (Å²) < 4.78 is 6.59. The van der Waals surface area contributed by atoms with Crippen LogP contribution < -0.4 is 10.1 Å². The fourth-order valence-corrected chi connectivity index (χ4v) is 5.68. The molecule has 1 fully saturated rings. The van der Waals surface area contributed by atoms with Crippen molar-refractivity contribution in [2.75, 3.05) is 11.9 Å².